The second-order valence-corrected chi connectivity index (χ2v) is 6.45. The normalized spacial score (nSPS) is 22.8. The average molecular weight is 304 g/mol. The Bertz CT molecular complexity index is 771. The second kappa shape index (κ2) is 5.69. The van der Waals surface area contributed by atoms with Crippen LogP contribution in [0, 0.1) is 5.92 Å². The highest BCUT2D eigenvalue weighted by Gasteiger charge is 2.35. The Morgan fingerprint density at radius 1 is 1.00 bits per heavy atom. The number of carbonyl (C=O) groups excluding carboxylic acids is 1. The van der Waals surface area contributed by atoms with Gasteiger partial charge in [0, 0.05) is 6.42 Å². The van der Waals surface area contributed by atoms with Crippen molar-refractivity contribution in [1.82, 2.24) is 0 Å². The van der Waals surface area contributed by atoms with Gasteiger partial charge in [0.2, 0.25) is 0 Å². The van der Waals surface area contributed by atoms with Crippen molar-refractivity contribution in [2.75, 3.05) is 7.11 Å². The van der Waals surface area contributed by atoms with E-state index in [1.54, 1.807) is 7.11 Å². The Balaban J connectivity index is 1.74. The third kappa shape index (κ3) is 2.48. The van der Waals surface area contributed by atoms with Gasteiger partial charge in [0.25, 0.3) is 0 Å². The zero-order chi connectivity index (χ0) is 15.8. The van der Waals surface area contributed by atoms with Crippen LogP contribution in [0.4, 0.5) is 0 Å². The third-order valence-electron chi connectivity index (χ3n) is 5.22. The van der Waals surface area contributed by atoms with Gasteiger partial charge in [-0.1, -0.05) is 36.4 Å². The van der Waals surface area contributed by atoms with Crippen molar-refractivity contribution < 1.29 is 9.53 Å². The summed E-state index contributed by atoms with van der Waals surface area (Å²) in [5.41, 5.74) is 5.13. The fraction of sp³-hybridized carbons (Fsp3) is 0.286. The van der Waals surface area contributed by atoms with E-state index in [0.717, 1.165) is 18.6 Å². The number of methoxy groups -OCH3 is 1. The summed E-state index contributed by atoms with van der Waals surface area (Å²) in [6, 6.07) is 16.7. The molecule has 0 bridgehead atoms. The number of hydrogen-bond donors (Lipinski definition) is 0. The molecule has 0 fully saturated rings. The van der Waals surface area contributed by atoms with Crippen LogP contribution in [0.15, 0.2) is 54.6 Å². The smallest absolute Gasteiger partial charge is 0.156 e. The maximum Gasteiger partial charge on any atom is 0.156 e. The van der Waals surface area contributed by atoms with Gasteiger partial charge >= 0.3 is 0 Å². The van der Waals surface area contributed by atoms with E-state index in [0.29, 0.717) is 12.3 Å². The molecule has 0 radical (unpaired) electrons. The highest BCUT2D eigenvalue weighted by atomic mass is 16.5. The van der Waals surface area contributed by atoms with E-state index in [9.17, 15) is 4.79 Å². The van der Waals surface area contributed by atoms with Gasteiger partial charge in [0.15, 0.2) is 5.78 Å². The van der Waals surface area contributed by atoms with Crippen LogP contribution in [-0.2, 0) is 11.2 Å². The quantitative estimate of drug-likeness (QED) is 0.822. The van der Waals surface area contributed by atoms with E-state index in [2.05, 4.69) is 36.4 Å². The summed E-state index contributed by atoms with van der Waals surface area (Å²) in [5, 5.41) is 0. The summed E-state index contributed by atoms with van der Waals surface area (Å²) in [7, 11) is 1.68. The van der Waals surface area contributed by atoms with Crippen molar-refractivity contribution in [1.29, 1.82) is 0 Å². The van der Waals surface area contributed by atoms with E-state index >= 15 is 0 Å². The lowest BCUT2D eigenvalue weighted by Crippen LogP contribution is -2.26. The van der Waals surface area contributed by atoms with Gasteiger partial charge in [-0.15, -0.1) is 0 Å². The summed E-state index contributed by atoms with van der Waals surface area (Å²) >= 11 is 0. The van der Waals surface area contributed by atoms with Crippen molar-refractivity contribution in [3.05, 3.63) is 71.3 Å². The summed E-state index contributed by atoms with van der Waals surface area (Å²) in [5.74, 6) is 1.83. The van der Waals surface area contributed by atoms with Crippen LogP contribution in [-0.4, -0.2) is 12.9 Å². The number of benzene rings is 2. The zero-order valence-electron chi connectivity index (χ0n) is 13.3. The maximum absolute atomic E-state index is 12.3. The molecule has 2 aromatic rings. The minimum absolute atomic E-state index is 0.244. The van der Waals surface area contributed by atoms with Crippen molar-refractivity contribution in [3.63, 3.8) is 0 Å². The standard InChI is InChI=1S/C21H20O2/c1-23-17-9-6-15(7-10-17)20-12-16(22)13-21-18-5-3-2-4-14(18)8-11-19(20)21/h2-7,9-10,13,19-20H,8,11-12H2,1H3. The SMILES string of the molecule is COc1ccc(C2CC(=O)C=C3c4ccccc4CCC32)cc1. The van der Waals surface area contributed by atoms with Gasteiger partial charge in [-0.2, -0.15) is 0 Å². The van der Waals surface area contributed by atoms with Gasteiger partial charge in [0.05, 0.1) is 7.11 Å². The number of carbonyl (C=O) groups is 1. The first-order chi connectivity index (χ1) is 11.3. The predicted molar refractivity (Wildman–Crippen MR) is 91.6 cm³/mol. The molecule has 0 saturated carbocycles. The first-order valence-electron chi connectivity index (χ1n) is 8.23. The minimum Gasteiger partial charge on any atom is -0.497 e. The number of fused-ring (bicyclic) bond motifs is 3. The number of rotatable bonds is 2. The van der Waals surface area contributed by atoms with Crippen LogP contribution < -0.4 is 4.74 Å². The van der Waals surface area contributed by atoms with Gasteiger partial charge in [-0.3, -0.25) is 4.79 Å². The molecular weight excluding hydrogens is 284 g/mol. The van der Waals surface area contributed by atoms with Crippen LogP contribution in [0.1, 0.15) is 35.4 Å². The van der Waals surface area contributed by atoms with Gasteiger partial charge in [0.1, 0.15) is 5.75 Å². The number of aryl methyl sites for hydroxylation is 1. The molecule has 2 aromatic carbocycles. The fourth-order valence-electron chi connectivity index (χ4n) is 4.08. The van der Waals surface area contributed by atoms with E-state index in [-0.39, 0.29) is 11.7 Å². The average Bonchev–Trinajstić information content (AvgIpc) is 2.61. The lowest BCUT2D eigenvalue weighted by atomic mass is 9.67. The lowest BCUT2D eigenvalue weighted by Gasteiger charge is -2.37. The topological polar surface area (TPSA) is 26.3 Å². The molecule has 0 aromatic heterocycles. The van der Waals surface area contributed by atoms with Gasteiger partial charge in [-0.05, 0) is 65.1 Å². The first-order valence-corrected chi connectivity index (χ1v) is 8.23. The maximum atomic E-state index is 12.3. The van der Waals surface area contributed by atoms with Crippen LogP contribution >= 0.6 is 0 Å². The Morgan fingerprint density at radius 2 is 1.78 bits per heavy atom. The Hall–Kier alpha value is -2.35. The number of allylic oxidation sites excluding steroid dienone is 2. The number of ether oxygens (including phenoxy) is 1. The molecule has 0 N–H and O–H groups in total. The zero-order valence-corrected chi connectivity index (χ0v) is 13.3. The summed E-state index contributed by atoms with van der Waals surface area (Å²) in [6.07, 6.45) is 4.72. The molecule has 0 spiro atoms. The molecule has 2 atom stereocenters. The number of ketones is 1. The van der Waals surface area contributed by atoms with Crippen LogP contribution in [0.5, 0.6) is 5.75 Å². The molecule has 0 amide bonds. The third-order valence-corrected chi connectivity index (χ3v) is 5.22. The predicted octanol–water partition coefficient (Wildman–Crippen LogP) is 4.40. The van der Waals surface area contributed by atoms with Crippen molar-refractivity contribution >= 4 is 11.4 Å². The van der Waals surface area contributed by atoms with Crippen LogP contribution in [0.3, 0.4) is 0 Å². The largest absolute Gasteiger partial charge is 0.497 e. The molecule has 116 valence electrons. The summed E-state index contributed by atoms with van der Waals surface area (Å²) in [6.45, 7) is 0. The molecule has 2 heteroatoms. The number of hydrogen-bond acceptors (Lipinski definition) is 2. The molecule has 2 nitrogen and oxygen atoms in total. The van der Waals surface area contributed by atoms with E-state index in [1.807, 2.05) is 18.2 Å². The van der Waals surface area contributed by atoms with Gasteiger partial charge < -0.3 is 4.74 Å². The molecule has 2 aliphatic carbocycles. The molecule has 0 aliphatic heterocycles. The minimum atomic E-state index is 0.244. The Kier molecular flexibility index (Phi) is 3.53. The highest BCUT2D eigenvalue weighted by Crippen LogP contribution is 2.47. The highest BCUT2D eigenvalue weighted by molar-refractivity contribution is 6.00. The van der Waals surface area contributed by atoms with E-state index in [1.165, 1.54) is 22.3 Å². The lowest BCUT2D eigenvalue weighted by molar-refractivity contribution is -0.115. The van der Waals surface area contributed by atoms with E-state index < -0.39 is 0 Å². The van der Waals surface area contributed by atoms with Gasteiger partial charge in [-0.25, -0.2) is 0 Å². The molecule has 4 rings (SSSR count). The Morgan fingerprint density at radius 3 is 2.57 bits per heavy atom. The first kappa shape index (κ1) is 14.3. The monoisotopic (exact) mass is 304 g/mol. The summed E-state index contributed by atoms with van der Waals surface area (Å²) < 4.78 is 5.25. The molecule has 23 heavy (non-hydrogen) atoms. The Labute approximate surface area is 136 Å². The molecule has 2 aliphatic rings. The molecular formula is C21H20O2. The van der Waals surface area contributed by atoms with E-state index in [4.69, 9.17) is 4.74 Å². The second-order valence-electron chi connectivity index (χ2n) is 6.45. The van der Waals surface area contributed by atoms with Crippen molar-refractivity contribution in [2.45, 2.75) is 25.2 Å². The summed E-state index contributed by atoms with van der Waals surface area (Å²) in [4.78, 5) is 12.3. The fourth-order valence-corrected chi connectivity index (χ4v) is 4.08. The van der Waals surface area contributed by atoms with Crippen molar-refractivity contribution in [2.24, 2.45) is 5.92 Å². The van der Waals surface area contributed by atoms with Crippen molar-refractivity contribution in [3.8, 4) is 5.75 Å². The molecule has 0 saturated heterocycles. The van der Waals surface area contributed by atoms with Crippen LogP contribution in [0.2, 0.25) is 0 Å². The molecule has 0 heterocycles. The molecule has 2 unspecified atom stereocenters. The van der Waals surface area contributed by atoms with Crippen LogP contribution in [0.25, 0.3) is 5.57 Å².